The maximum absolute atomic E-state index is 13.0. The van der Waals surface area contributed by atoms with E-state index in [4.69, 9.17) is 4.74 Å². The Kier molecular flexibility index (Phi) is 5.83. The van der Waals surface area contributed by atoms with E-state index in [1.165, 1.54) is 17.7 Å². The van der Waals surface area contributed by atoms with Gasteiger partial charge in [0.05, 0.1) is 6.04 Å². The lowest BCUT2D eigenvalue weighted by Crippen LogP contribution is -2.37. The van der Waals surface area contributed by atoms with Gasteiger partial charge in [-0.2, -0.15) is 0 Å². The van der Waals surface area contributed by atoms with Crippen molar-refractivity contribution < 1.29 is 13.9 Å². The van der Waals surface area contributed by atoms with E-state index in [9.17, 15) is 9.18 Å². The molecule has 0 saturated carbocycles. The fourth-order valence-electron chi connectivity index (χ4n) is 2.46. The molecule has 1 N–H and O–H groups in total. The van der Waals surface area contributed by atoms with E-state index >= 15 is 0 Å². The van der Waals surface area contributed by atoms with Crippen LogP contribution in [0.5, 0.6) is 5.75 Å². The van der Waals surface area contributed by atoms with Gasteiger partial charge >= 0.3 is 0 Å². The third kappa shape index (κ3) is 5.31. The van der Waals surface area contributed by atoms with Gasteiger partial charge in [-0.3, -0.25) is 4.79 Å². The number of hydrogen-bond acceptors (Lipinski definition) is 2. The number of benzene rings is 2. The lowest BCUT2D eigenvalue weighted by atomic mass is 9.87. The van der Waals surface area contributed by atoms with Crippen LogP contribution < -0.4 is 10.1 Å². The molecule has 3 nitrogen and oxygen atoms in total. The summed E-state index contributed by atoms with van der Waals surface area (Å²) in [6.45, 7) is 10.0. The van der Waals surface area contributed by atoms with Crippen LogP contribution in [0, 0.1) is 5.82 Å². The second-order valence-electron chi connectivity index (χ2n) is 7.32. The van der Waals surface area contributed by atoms with Crippen LogP contribution in [0.15, 0.2) is 48.5 Å². The average Bonchev–Trinajstić information content (AvgIpc) is 2.55. The molecule has 0 radical (unpaired) electrons. The molecule has 0 heterocycles. The van der Waals surface area contributed by atoms with E-state index in [1.807, 2.05) is 31.2 Å². The van der Waals surface area contributed by atoms with Crippen molar-refractivity contribution in [1.29, 1.82) is 0 Å². The van der Waals surface area contributed by atoms with Gasteiger partial charge in [0.25, 0.3) is 5.91 Å². The lowest BCUT2D eigenvalue weighted by Gasteiger charge is -2.21. The quantitative estimate of drug-likeness (QED) is 0.849. The maximum Gasteiger partial charge on any atom is 0.261 e. The van der Waals surface area contributed by atoms with Crippen LogP contribution >= 0.6 is 0 Å². The number of hydrogen-bond donors (Lipinski definition) is 1. The van der Waals surface area contributed by atoms with Crippen molar-refractivity contribution in [2.45, 2.75) is 52.2 Å². The fourth-order valence-corrected chi connectivity index (χ4v) is 2.46. The average molecular weight is 343 g/mol. The second kappa shape index (κ2) is 7.68. The smallest absolute Gasteiger partial charge is 0.261 e. The molecular weight excluding hydrogens is 317 g/mol. The third-order valence-electron chi connectivity index (χ3n) is 4.13. The molecule has 0 aliphatic heterocycles. The summed E-state index contributed by atoms with van der Waals surface area (Å²) in [5.41, 5.74) is 2.13. The van der Waals surface area contributed by atoms with E-state index in [-0.39, 0.29) is 23.2 Å². The van der Waals surface area contributed by atoms with Crippen molar-refractivity contribution in [3.05, 3.63) is 65.5 Å². The number of halogens is 1. The summed E-state index contributed by atoms with van der Waals surface area (Å²) in [5, 5.41) is 2.88. The number of nitrogens with one attached hydrogen (secondary N) is 1. The summed E-state index contributed by atoms with van der Waals surface area (Å²) in [7, 11) is 0. The number of ether oxygens (including phenoxy) is 1. The summed E-state index contributed by atoms with van der Waals surface area (Å²) < 4.78 is 18.7. The molecule has 4 heteroatoms. The molecule has 0 aliphatic carbocycles. The van der Waals surface area contributed by atoms with Crippen molar-refractivity contribution >= 4 is 5.91 Å². The predicted octanol–water partition coefficient (Wildman–Crippen LogP) is 4.77. The molecule has 2 unspecified atom stereocenters. The van der Waals surface area contributed by atoms with Crippen LogP contribution in [0.1, 0.15) is 51.8 Å². The van der Waals surface area contributed by atoms with E-state index in [0.717, 1.165) is 5.56 Å². The first kappa shape index (κ1) is 19.0. The van der Waals surface area contributed by atoms with Crippen LogP contribution in [0.2, 0.25) is 0 Å². The molecule has 2 aromatic rings. The minimum atomic E-state index is -0.622. The van der Waals surface area contributed by atoms with Gasteiger partial charge in [0.2, 0.25) is 0 Å². The minimum Gasteiger partial charge on any atom is -0.481 e. The zero-order valence-electron chi connectivity index (χ0n) is 15.5. The zero-order valence-corrected chi connectivity index (χ0v) is 15.5. The van der Waals surface area contributed by atoms with Crippen LogP contribution in [-0.4, -0.2) is 12.0 Å². The first-order valence-corrected chi connectivity index (χ1v) is 8.50. The molecule has 2 atom stereocenters. The number of carbonyl (C=O) groups is 1. The molecule has 0 fully saturated rings. The second-order valence-corrected chi connectivity index (χ2v) is 7.32. The Morgan fingerprint density at radius 2 is 1.56 bits per heavy atom. The van der Waals surface area contributed by atoms with Gasteiger partial charge in [-0.05, 0) is 54.7 Å². The molecule has 1 amide bonds. The Labute approximate surface area is 149 Å². The highest BCUT2D eigenvalue weighted by atomic mass is 19.1. The molecule has 0 aliphatic rings. The van der Waals surface area contributed by atoms with Crippen LogP contribution in [0.3, 0.4) is 0 Å². The monoisotopic (exact) mass is 343 g/mol. The summed E-state index contributed by atoms with van der Waals surface area (Å²) in [5.74, 6) is 0.152. The Hall–Kier alpha value is -2.36. The van der Waals surface area contributed by atoms with Gasteiger partial charge in [0, 0.05) is 0 Å². The van der Waals surface area contributed by atoms with Crippen molar-refractivity contribution in [1.82, 2.24) is 5.32 Å². The summed E-state index contributed by atoms with van der Waals surface area (Å²) >= 11 is 0. The van der Waals surface area contributed by atoms with Crippen molar-refractivity contribution in [3.8, 4) is 5.75 Å². The third-order valence-corrected chi connectivity index (χ3v) is 4.13. The highest BCUT2D eigenvalue weighted by Crippen LogP contribution is 2.24. The van der Waals surface area contributed by atoms with Gasteiger partial charge in [0.1, 0.15) is 11.6 Å². The van der Waals surface area contributed by atoms with Gasteiger partial charge < -0.3 is 10.1 Å². The Morgan fingerprint density at radius 1 is 1.00 bits per heavy atom. The van der Waals surface area contributed by atoms with Crippen LogP contribution in [0.25, 0.3) is 0 Å². The number of amides is 1. The number of carbonyl (C=O) groups excluding carboxylic acids is 1. The van der Waals surface area contributed by atoms with Crippen LogP contribution in [0.4, 0.5) is 4.39 Å². The molecule has 0 bridgehead atoms. The maximum atomic E-state index is 13.0. The molecule has 2 aromatic carbocycles. The normalized spacial score (nSPS) is 13.8. The van der Waals surface area contributed by atoms with Gasteiger partial charge in [-0.15, -0.1) is 0 Å². The predicted molar refractivity (Wildman–Crippen MR) is 98.2 cm³/mol. The number of rotatable bonds is 5. The van der Waals surface area contributed by atoms with E-state index in [2.05, 4.69) is 26.1 Å². The topological polar surface area (TPSA) is 38.3 Å². The summed E-state index contributed by atoms with van der Waals surface area (Å²) in [4.78, 5) is 12.3. The van der Waals surface area contributed by atoms with E-state index in [1.54, 1.807) is 19.1 Å². The Bertz CT molecular complexity index is 702. The lowest BCUT2D eigenvalue weighted by molar-refractivity contribution is -0.127. The zero-order chi connectivity index (χ0) is 18.6. The van der Waals surface area contributed by atoms with E-state index in [0.29, 0.717) is 5.75 Å². The Balaban J connectivity index is 1.94. The van der Waals surface area contributed by atoms with Crippen molar-refractivity contribution in [3.63, 3.8) is 0 Å². The highest BCUT2D eigenvalue weighted by Gasteiger charge is 2.18. The summed E-state index contributed by atoms with van der Waals surface area (Å²) in [6.07, 6.45) is -0.622. The molecule has 25 heavy (non-hydrogen) atoms. The largest absolute Gasteiger partial charge is 0.481 e. The standard InChI is InChI=1S/C21H26FNO2/c1-14(16-6-10-18(22)11-7-16)23-20(24)15(2)25-19-12-8-17(9-13-19)21(3,4)5/h6-15H,1-5H3,(H,23,24). The molecule has 134 valence electrons. The van der Waals surface area contributed by atoms with Crippen molar-refractivity contribution in [2.24, 2.45) is 0 Å². The van der Waals surface area contributed by atoms with Gasteiger partial charge in [-0.1, -0.05) is 45.0 Å². The first-order valence-electron chi connectivity index (χ1n) is 8.50. The SMILES string of the molecule is CC(Oc1ccc(C(C)(C)C)cc1)C(=O)NC(C)c1ccc(F)cc1. The van der Waals surface area contributed by atoms with Gasteiger partial charge in [0.15, 0.2) is 6.10 Å². The van der Waals surface area contributed by atoms with Crippen molar-refractivity contribution in [2.75, 3.05) is 0 Å². The molecular formula is C21H26FNO2. The summed E-state index contributed by atoms with van der Waals surface area (Å²) in [6, 6.07) is 13.7. The minimum absolute atomic E-state index is 0.0755. The molecule has 2 rings (SSSR count). The first-order chi connectivity index (χ1) is 11.7. The molecule has 0 aromatic heterocycles. The molecule has 0 spiro atoms. The molecule has 0 saturated heterocycles. The van der Waals surface area contributed by atoms with E-state index < -0.39 is 6.10 Å². The highest BCUT2D eigenvalue weighted by molar-refractivity contribution is 5.81. The Morgan fingerprint density at radius 3 is 2.08 bits per heavy atom. The van der Waals surface area contributed by atoms with Gasteiger partial charge in [-0.25, -0.2) is 4.39 Å². The van der Waals surface area contributed by atoms with Crippen LogP contribution in [-0.2, 0) is 10.2 Å². The fraction of sp³-hybridized carbons (Fsp3) is 0.381.